The van der Waals surface area contributed by atoms with Crippen molar-refractivity contribution in [3.05, 3.63) is 35.9 Å². The van der Waals surface area contributed by atoms with Crippen LogP contribution in [0.15, 0.2) is 30.3 Å². The van der Waals surface area contributed by atoms with Crippen molar-refractivity contribution in [1.29, 1.82) is 0 Å². The second kappa shape index (κ2) is 6.40. The van der Waals surface area contributed by atoms with E-state index in [1.54, 1.807) is 0 Å². The van der Waals surface area contributed by atoms with Gasteiger partial charge >= 0.3 is 0 Å². The lowest BCUT2D eigenvalue weighted by Gasteiger charge is -2.47. The van der Waals surface area contributed by atoms with Crippen LogP contribution in [-0.4, -0.2) is 24.5 Å². The van der Waals surface area contributed by atoms with Crippen LogP contribution >= 0.6 is 0 Å². The van der Waals surface area contributed by atoms with Crippen molar-refractivity contribution < 1.29 is 4.79 Å². The normalized spacial score (nSPS) is 18.4. The average molecular weight is 274 g/mol. The smallest absolute Gasteiger partial charge is 0.234 e. The largest absolute Gasteiger partial charge is 0.353 e. The van der Waals surface area contributed by atoms with E-state index in [2.05, 4.69) is 47.9 Å². The molecule has 1 saturated carbocycles. The first-order valence-corrected chi connectivity index (χ1v) is 7.63. The molecule has 2 rings (SSSR count). The average Bonchev–Trinajstić information content (AvgIpc) is 2.35. The minimum Gasteiger partial charge on any atom is -0.353 e. The number of rotatable bonds is 6. The van der Waals surface area contributed by atoms with Crippen molar-refractivity contribution in [1.82, 2.24) is 10.6 Å². The van der Waals surface area contributed by atoms with Crippen molar-refractivity contribution in [3.8, 4) is 0 Å². The summed E-state index contributed by atoms with van der Waals surface area (Å²) < 4.78 is 0. The summed E-state index contributed by atoms with van der Waals surface area (Å²) in [5.41, 5.74) is 1.61. The Labute approximate surface area is 122 Å². The molecule has 0 radical (unpaired) electrons. The van der Waals surface area contributed by atoms with Crippen molar-refractivity contribution in [2.45, 2.75) is 57.5 Å². The van der Waals surface area contributed by atoms with Crippen LogP contribution in [0.3, 0.4) is 0 Å². The Balaban J connectivity index is 1.96. The molecule has 20 heavy (non-hydrogen) atoms. The van der Waals surface area contributed by atoms with E-state index in [4.69, 9.17) is 0 Å². The maximum atomic E-state index is 11.8. The first-order chi connectivity index (χ1) is 9.54. The fourth-order valence-corrected chi connectivity index (χ4v) is 3.11. The van der Waals surface area contributed by atoms with Gasteiger partial charge in [-0.05, 0) is 39.2 Å². The lowest BCUT2D eigenvalue weighted by molar-refractivity contribution is -0.121. The second-order valence-electron chi connectivity index (χ2n) is 6.20. The summed E-state index contributed by atoms with van der Waals surface area (Å²) in [4.78, 5) is 11.8. The first-order valence-electron chi connectivity index (χ1n) is 7.63. The van der Waals surface area contributed by atoms with Gasteiger partial charge in [0.15, 0.2) is 0 Å². The number of nitrogens with one attached hydrogen (secondary N) is 2. The van der Waals surface area contributed by atoms with E-state index in [1.165, 1.54) is 24.8 Å². The van der Waals surface area contributed by atoms with E-state index in [0.717, 1.165) is 0 Å². The van der Waals surface area contributed by atoms with E-state index >= 15 is 0 Å². The highest BCUT2D eigenvalue weighted by Gasteiger charge is 2.43. The third-order valence-corrected chi connectivity index (χ3v) is 4.44. The molecule has 1 amide bonds. The number of carbonyl (C=O) groups is 1. The first kappa shape index (κ1) is 15.0. The Kier molecular flexibility index (Phi) is 4.81. The Bertz CT molecular complexity index is 438. The summed E-state index contributed by atoms with van der Waals surface area (Å²) in [5.74, 6) is 0.0781. The minimum atomic E-state index is 0.0781. The Hall–Kier alpha value is -1.35. The Morgan fingerprint density at radius 3 is 2.35 bits per heavy atom. The molecule has 1 atom stereocenters. The zero-order valence-corrected chi connectivity index (χ0v) is 12.8. The van der Waals surface area contributed by atoms with Crippen molar-refractivity contribution >= 4 is 5.91 Å². The number of carbonyl (C=O) groups excluding carboxylic acids is 1. The third-order valence-electron chi connectivity index (χ3n) is 4.44. The molecule has 1 aliphatic rings. The zero-order chi connectivity index (χ0) is 14.6. The van der Waals surface area contributed by atoms with Crippen LogP contribution in [0.25, 0.3) is 0 Å². The van der Waals surface area contributed by atoms with Gasteiger partial charge < -0.3 is 10.6 Å². The summed E-state index contributed by atoms with van der Waals surface area (Å²) in [7, 11) is 0. The molecule has 0 spiro atoms. The maximum Gasteiger partial charge on any atom is 0.234 e. The molecule has 3 nitrogen and oxygen atoms in total. The molecule has 0 aliphatic heterocycles. The molecule has 1 aromatic rings. The molecule has 0 saturated heterocycles. The quantitative estimate of drug-likeness (QED) is 0.837. The molecule has 1 aliphatic carbocycles. The Morgan fingerprint density at radius 2 is 1.85 bits per heavy atom. The van der Waals surface area contributed by atoms with Crippen LogP contribution < -0.4 is 10.6 Å². The Morgan fingerprint density at radius 1 is 1.20 bits per heavy atom. The topological polar surface area (TPSA) is 41.1 Å². The van der Waals surface area contributed by atoms with Gasteiger partial charge in [-0.2, -0.15) is 0 Å². The summed E-state index contributed by atoms with van der Waals surface area (Å²) in [6.07, 6.45) is 3.69. The fourth-order valence-electron chi connectivity index (χ4n) is 3.11. The van der Waals surface area contributed by atoms with Gasteiger partial charge in [-0.1, -0.05) is 36.8 Å². The molecular weight excluding hydrogens is 248 g/mol. The molecule has 3 heteroatoms. The van der Waals surface area contributed by atoms with Gasteiger partial charge in [0.25, 0.3) is 0 Å². The molecule has 0 aromatic heterocycles. The summed E-state index contributed by atoms with van der Waals surface area (Å²) in [6.45, 7) is 6.57. The van der Waals surface area contributed by atoms with Crippen LogP contribution in [0.5, 0.6) is 0 Å². The van der Waals surface area contributed by atoms with Crippen LogP contribution in [0.2, 0.25) is 0 Å². The molecule has 0 heterocycles. The lowest BCUT2D eigenvalue weighted by Crippen LogP contribution is -2.53. The van der Waals surface area contributed by atoms with Crippen molar-refractivity contribution in [3.63, 3.8) is 0 Å². The van der Waals surface area contributed by atoms with E-state index in [1.807, 2.05) is 13.8 Å². The third kappa shape index (κ3) is 3.21. The minimum absolute atomic E-state index is 0.0781. The van der Waals surface area contributed by atoms with E-state index in [-0.39, 0.29) is 17.4 Å². The van der Waals surface area contributed by atoms with Crippen LogP contribution in [0.4, 0.5) is 0 Å². The molecule has 1 fully saturated rings. The van der Waals surface area contributed by atoms with Gasteiger partial charge in [-0.3, -0.25) is 4.79 Å². The molecule has 2 N–H and O–H groups in total. The number of benzene rings is 1. The number of hydrogen-bond donors (Lipinski definition) is 2. The van der Waals surface area contributed by atoms with Gasteiger partial charge in [0.05, 0.1) is 6.54 Å². The molecule has 110 valence electrons. The summed E-state index contributed by atoms with van der Waals surface area (Å²) in [6, 6.07) is 11.2. The van der Waals surface area contributed by atoms with Crippen LogP contribution in [-0.2, 0) is 10.2 Å². The van der Waals surface area contributed by atoms with E-state index < -0.39 is 0 Å². The number of hydrogen-bond acceptors (Lipinski definition) is 2. The highest BCUT2D eigenvalue weighted by molar-refractivity contribution is 5.78. The maximum absolute atomic E-state index is 11.8. The van der Waals surface area contributed by atoms with Gasteiger partial charge in [-0.25, -0.2) is 0 Å². The summed E-state index contributed by atoms with van der Waals surface area (Å²) >= 11 is 0. The lowest BCUT2D eigenvalue weighted by atomic mass is 9.60. The molecule has 0 bridgehead atoms. The molecular formula is C17H26N2O. The second-order valence-corrected chi connectivity index (χ2v) is 6.20. The van der Waals surface area contributed by atoms with Gasteiger partial charge in [0, 0.05) is 17.5 Å². The predicted octanol–water partition coefficient (Wildman–Crippen LogP) is 2.61. The van der Waals surface area contributed by atoms with E-state index in [9.17, 15) is 4.79 Å². The van der Waals surface area contributed by atoms with Gasteiger partial charge in [0.2, 0.25) is 5.91 Å². The predicted molar refractivity (Wildman–Crippen MR) is 82.7 cm³/mol. The van der Waals surface area contributed by atoms with Gasteiger partial charge in [0.1, 0.15) is 0 Å². The summed E-state index contributed by atoms with van der Waals surface area (Å²) in [5, 5.41) is 6.34. The highest BCUT2D eigenvalue weighted by Crippen LogP contribution is 2.46. The van der Waals surface area contributed by atoms with Crippen molar-refractivity contribution in [2.24, 2.45) is 0 Å². The number of amides is 1. The highest BCUT2D eigenvalue weighted by atomic mass is 16.1. The van der Waals surface area contributed by atoms with Gasteiger partial charge in [-0.15, -0.1) is 0 Å². The SMILES string of the molecule is CC(C)NC(=O)CNC(C)C1(c2ccccc2)CCC1. The standard InChI is InChI=1S/C17H26N2O/c1-13(2)19-16(20)12-18-14(3)17(10-7-11-17)15-8-5-4-6-9-15/h4-6,8-9,13-14,18H,7,10-12H2,1-3H3,(H,19,20). The zero-order valence-electron chi connectivity index (χ0n) is 12.8. The van der Waals surface area contributed by atoms with E-state index in [0.29, 0.717) is 12.6 Å². The molecule has 1 aromatic carbocycles. The van der Waals surface area contributed by atoms with Crippen LogP contribution in [0.1, 0.15) is 45.6 Å². The molecule has 1 unspecified atom stereocenters. The fraction of sp³-hybridized carbons (Fsp3) is 0.588. The monoisotopic (exact) mass is 274 g/mol. The van der Waals surface area contributed by atoms with Crippen molar-refractivity contribution in [2.75, 3.05) is 6.54 Å². The van der Waals surface area contributed by atoms with Crippen LogP contribution in [0, 0.1) is 0 Å².